The summed E-state index contributed by atoms with van der Waals surface area (Å²) in [5.74, 6) is 0.0174. The minimum Gasteiger partial charge on any atom is -0.487 e. The van der Waals surface area contributed by atoms with Gasteiger partial charge in [0.15, 0.2) is 30.9 Å². The third kappa shape index (κ3) is 6.69. The van der Waals surface area contributed by atoms with Gasteiger partial charge < -0.3 is 14.6 Å². The molecule has 0 aliphatic rings. The zero-order chi connectivity index (χ0) is 19.5. The van der Waals surface area contributed by atoms with Gasteiger partial charge in [0, 0.05) is 36.6 Å². The number of hydrogen-bond acceptors (Lipinski definition) is 4. The van der Waals surface area contributed by atoms with Crippen LogP contribution < -0.4 is 13.9 Å². The molecule has 7 heteroatoms. The van der Waals surface area contributed by atoms with Gasteiger partial charge in [0.2, 0.25) is 6.20 Å². The molecule has 144 valence electrons. The topological polar surface area (TPSA) is 80.6 Å². The lowest BCUT2D eigenvalue weighted by Crippen LogP contribution is -2.34. The van der Waals surface area contributed by atoms with Crippen LogP contribution in [0.2, 0.25) is 0 Å². The maximum absolute atomic E-state index is 10.6. The van der Waals surface area contributed by atoms with Crippen LogP contribution in [-0.2, 0) is 27.4 Å². The summed E-state index contributed by atoms with van der Waals surface area (Å²) in [6.07, 6.45) is 9.33. The Morgan fingerprint density at radius 2 is 1.81 bits per heavy atom. The molecule has 0 saturated carbocycles. The fraction of sp³-hybridized carbons (Fsp3) is 0.400. The van der Waals surface area contributed by atoms with E-state index in [4.69, 9.17) is 14.6 Å². The highest BCUT2D eigenvalue weighted by Gasteiger charge is 2.14. The van der Waals surface area contributed by atoms with E-state index < -0.39 is 5.97 Å². The number of nitrogens with zero attached hydrogens (tertiary/aromatic N) is 2. The SMILES string of the molecule is CCOc1c[n+](CCCOC=O)ccc1-c1cc[n+](CCCC(=O)O)cc1. The predicted molar refractivity (Wildman–Crippen MR) is 96.9 cm³/mol. The zero-order valence-corrected chi connectivity index (χ0v) is 15.5. The van der Waals surface area contributed by atoms with Crippen LogP contribution >= 0.6 is 0 Å². The molecule has 0 atom stereocenters. The molecule has 2 rings (SSSR count). The van der Waals surface area contributed by atoms with Gasteiger partial charge in [-0.25, -0.2) is 9.13 Å². The van der Waals surface area contributed by atoms with Gasteiger partial charge in [-0.3, -0.25) is 9.59 Å². The molecule has 0 aromatic carbocycles. The van der Waals surface area contributed by atoms with Crippen molar-refractivity contribution >= 4 is 12.4 Å². The summed E-state index contributed by atoms with van der Waals surface area (Å²) >= 11 is 0. The summed E-state index contributed by atoms with van der Waals surface area (Å²) in [4.78, 5) is 20.8. The molecule has 0 aliphatic carbocycles. The molecule has 0 unspecified atom stereocenters. The van der Waals surface area contributed by atoms with Crippen LogP contribution in [0.3, 0.4) is 0 Å². The van der Waals surface area contributed by atoms with Crippen molar-refractivity contribution in [3.05, 3.63) is 43.0 Å². The lowest BCUT2D eigenvalue weighted by atomic mass is 10.1. The highest BCUT2D eigenvalue weighted by atomic mass is 16.5. The number of carbonyl (C=O) groups is 2. The Balaban J connectivity index is 2.08. The minimum absolute atomic E-state index is 0.166. The molecule has 0 amide bonds. The molecule has 0 spiro atoms. The lowest BCUT2D eigenvalue weighted by molar-refractivity contribution is -0.697. The van der Waals surface area contributed by atoms with E-state index in [9.17, 15) is 9.59 Å². The molecule has 1 N–H and O–H groups in total. The van der Waals surface area contributed by atoms with Crippen LogP contribution in [0.25, 0.3) is 11.1 Å². The fourth-order valence-corrected chi connectivity index (χ4v) is 2.74. The first kappa shape index (κ1) is 20.4. The van der Waals surface area contributed by atoms with Gasteiger partial charge in [-0.1, -0.05) is 0 Å². The Kier molecular flexibility index (Phi) is 8.22. The second-order valence-corrected chi connectivity index (χ2v) is 6.04. The van der Waals surface area contributed by atoms with Gasteiger partial charge in [0.25, 0.3) is 6.47 Å². The van der Waals surface area contributed by atoms with Crippen LogP contribution in [0.4, 0.5) is 0 Å². The maximum Gasteiger partial charge on any atom is 0.303 e. The van der Waals surface area contributed by atoms with E-state index in [0.29, 0.717) is 32.7 Å². The predicted octanol–water partition coefficient (Wildman–Crippen LogP) is 1.76. The van der Waals surface area contributed by atoms with Gasteiger partial charge in [-0.05, 0) is 12.5 Å². The van der Waals surface area contributed by atoms with E-state index in [1.54, 1.807) is 0 Å². The van der Waals surface area contributed by atoms with Gasteiger partial charge in [0.05, 0.1) is 19.6 Å². The number of carboxylic acid groups (broad SMARTS) is 1. The molecule has 0 fully saturated rings. The number of rotatable bonds is 12. The smallest absolute Gasteiger partial charge is 0.303 e. The minimum atomic E-state index is -0.774. The van der Waals surface area contributed by atoms with E-state index in [1.165, 1.54) is 0 Å². The first-order valence-corrected chi connectivity index (χ1v) is 9.06. The third-order valence-corrected chi connectivity index (χ3v) is 4.04. The average molecular weight is 374 g/mol. The summed E-state index contributed by atoms with van der Waals surface area (Å²) in [6.45, 7) is 4.76. The van der Waals surface area contributed by atoms with Crippen LogP contribution in [0.1, 0.15) is 26.2 Å². The molecule has 0 bridgehead atoms. The second-order valence-electron chi connectivity index (χ2n) is 6.04. The fourth-order valence-electron chi connectivity index (χ4n) is 2.74. The summed E-state index contributed by atoms with van der Waals surface area (Å²) in [5, 5.41) is 8.72. The molecule has 7 nitrogen and oxygen atoms in total. The molecule has 2 heterocycles. The van der Waals surface area contributed by atoms with E-state index in [-0.39, 0.29) is 6.42 Å². The number of aromatic nitrogens is 2. The van der Waals surface area contributed by atoms with E-state index in [2.05, 4.69) is 0 Å². The lowest BCUT2D eigenvalue weighted by Gasteiger charge is -2.09. The highest BCUT2D eigenvalue weighted by Crippen LogP contribution is 2.27. The Morgan fingerprint density at radius 3 is 2.48 bits per heavy atom. The molecule has 0 radical (unpaired) electrons. The van der Waals surface area contributed by atoms with Crippen molar-refractivity contribution in [1.82, 2.24) is 0 Å². The largest absolute Gasteiger partial charge is 0.487 e. The summed E-state index contributed by atoms with van der Waals surface area (Å²) in [6, 6.07) is 6.01. The van der Waals surface area contributed by atoms with Crippen molar-refractivity contribution in [3.63, 3.8) is 0 Å². The van der Waals surface area contributed by atoms with Crippen LogP contribution in [0.5, 0.6) is 5.75 Å². The molecule has 2 aromatic heterocycles. The van der Waals surface area contributed by atoms with Gasteiger partial charge in [0.1, 0.15) is 6.54 Å². The van der Waals surface area contributed by atoms with E-state index in [1.807, 2.05) is 59.0 Å². The molecule has 27 heavy (non-hydrogen) atoms. The van der Waals surface area contributed by atoms with Crippen LogP contribution in [0, 0.1) is 0 Å². The molecule has 0 aliphatic heterocycles. The first-order chi connectivity index (χ1) is 13.1. The van der Waals surface area contributed by atoms with Crippen molar-refractivity contribution in [1.29, 1.82) is 0 Å². The summed E-state index contributed by atoms with van der Waals surface area (Å²) in [5.41, 5.74) is 2.03. The summed E-state index contributed by atoms with van der Waals surface area (Å²) < 4.78 is 14.5. The maximum atomic E-state index is 10.6. The highest BCUT2D eigenvalue weighted by molar-refractivity contribution is 5.68. The Bertz CT molecular complexity index is 747. The zero-order valence-electron chi connectivity index (χ0n) is 15.5. The normalized spacial score (nSPS) is 10.4. The van der Waals surface area contributed by atoms with Crippen molar-refractivity contribution < 1.29 is 33.3 Å². The quantitative estimate of drug-likeness (QED) is 0.348. The number of pyridine rings is 2. The van der Waals surface area contributed by atoms with E-state index >= 15 is 0 Å². The van der Waals surface area contributed by atoms with Crippen molar-refractivity contribution in [2.24, 2.45) is 0 Å². The van der Waals surface area contributed by atoms with Crippen LogP contribution in [-0.4, -0.2) is 30.8 Å². The van der Waals surface area contributed by atoms with E-state index in [0.717, 1.165) is 29.8 Å². The average Bonchev–Trinajstić information content (AvgIpc) is 2.66. The van der Waals surface area contributed by atoms with Crippen molar-refractivity contribution in [2.75, 3.05) is 13.2 Å². The number of hydrogen-bond donors (Lipinski definition) is 1. The number of carbonyl (C=O) groups excluding carboxylic acids is 1. The van der Waals surface area contributed by atoms with Crippen molar-refractivity contribution in [3.8, 4) is 16.9 Å². The molecule has 0 saturated heterocycles. The number of aryl methyl sites for hydroxylation is 2. The Hall–Kier alpha value is -2.96. The number of ether oxygens (including phenoxy) is 2. The van der Waals surface area contributed by atoms with Gasteiger partial charge >= 0.3 is 5.97 Å². The third-order valence-electron chi connectivity index (χ3n) is 4.04. The first-order valence-electron chi connectivity index (χ1n) is 9.06. The standard InChI is InChI=1S/C20H25N2O5/c1-2-27-19-15-22(10-4-14-26-16-23)13-8-18(19)17-6-11-21(12-7-17)9-3-5-20(24)25/h6-8,11-13,15-16H,2-5,9-10,14H2,1H3/q+1/p+1. The molecular formula is C20H26N2O5+2. The second kappa shape index (κ2) is 10.9. The Labute approximate surface area is 158 Å². The Morgan fingerprint density at radius 1 is 1.11 bits per heavy atom. The molecule has 2 aromatic rings. The molecular weight excluding hydrogens is 348 g/mol. The van der Waals surface area contributed by atoms with Gasteiger partial charge in [-0.2, -0.15) is 0 Å². The number of aliphatic carboxylic acids is 1. The summed E-state index contributed by atoms with van der Waals surface area (Å²) in [7, 11) is 0. The van der Waals surface area contributed by atoms with Crippen LogP contribution in [0.15, 0.2) is 43.0 Å². The number of carboxylic acids is 1. The van der Waals surface area contributed by atoms with Gasteiger partial charge in [-0.15, -0.1) is 0 Å². The van der Waals surface area contributed by atoms with Crippen molar-refractivity contribution in [2.45, 2.75) is 39.3 Å². The monoisotopic (exact) mass is 374 g/mol.